The highest BCUT2D eigenvalue weighted by Crippen LogP contribution is 2.42. The van der Waals surface area contributed by atoms with Gasteiger partial charge >= 0.3 is 24.0 Å². The van der Waals surface area contributed by atoms with Crippen molar-refractivity contribution in [2.24, 2.45) is 0 Å². The van der Waals surface area contributed by atoms with Gasteiger partial charge in [-0.05, 0) is 94.9 Å². The number of ether oxygens (including phenoxy) is 2. The second kappa shape index (κ2) is 12.1. The molecule has 41 heavy (non-hydrogen) atoms. The first-order chi connectivity index (χ1) is 18.8. The number of hydrogen-bond donors (Lipinski definition) is 1. The van der Waals surface area contributed by atoms with Crippen LogP contribution in [-0.2, 0) is 19.1 Å². The van der Waals surface area contributed by atoms with E-state index in [2.05, 4.69) is 70.5 Å². The molecule has 0 saturated carbocycles. The Morgan fingerprint density at radius 2 is 0.951 bits per heavy atom. The van der Waals surface area contributed by atoms with E-state index < -0.39 is 0 Å². The molecule has 0 unspecified atom stereocenters. The van der Waals surface area contributed by atoms with Crippen LogP contribution in [0.25, 0.3) is 0 Å². The molecule has 0 spiro atoms. The molecule has 4 amide bonds. The molecule has 3 fully saturated rings. The molecular weight excluding hydrogens is 526 g/mol. The molecule has 0 aliphatic carbocycles. The Morgan fingerprint density at radius 1 is 0.659 bits per heavy atom. The zero-order chi connectivity index (χ0) is 31.0. The van der Waals surface area contributed by atoms with Crippen LogP contribution in [0, 0.1) is 0 Å². The molecule has 11 nitrogen and oxygen atoms in total. The van der Waals surface area contributed by atoms with Gasteiger partial charge in [-0.3, -0.25) is 24.7 Å². The maximum Gasteiger partial charge on any atom is 0.325 e. The zero-order valence-electron chi connectivity index (χ0n) is 27.0. The first-order valence-electron chi connectivity index (χ1n) is 15.1. The summed E-state index contributed by atoms with van der Waals surface area (Å²) in [6.07, 6.45) is 2.68. The predicted octanol–water partition coefficient (Wildman–Crippen LogP) is 3.60. The molecule has 0 aromatic rings. The Balaban J connectivity index is 1.76. The third-order valence-electron chi connectivity index (χ3n) is 9.25. The summed E-state index contributed by atoms with van der Waals surface area (Å²) in [6.45, 7) is 22.3. The minimum atomic E-state index is -0.369. The van der Waals surface area contributed by atoms with Gasteiger partial charge in [-0.1, -0.05) is 0 Å². The maximum absolute atomic E-state index is 13.4. The predicted molar refractivity (Wildman–Crippen MR) is 156 cm³/mol. The van der Waals surface area contributed by atoms with Crippen molar-refractivity contribution in [2.45, 2.75) is 129 Å². The minimum absolute atomic E-state index is 0.0921. The van der Waals surface area contributed by atoms with Gasteiger partial charge in [0.2, 0.25) is 0 Å². The van der Waals surface area contributed by atoms with Crippen LogP contribution in [0.3, 0.4) is 0 Å². The number of nitrogens with one attached hydrogen (secondary N) is 1. The highest BCUT2D eigenvalue weighted by atomic mass is 16.5. The molecule has 1 N–H and O–H groups in total. The number of piperidine rings is 2. The SMILES string of the molecule is CCOC(=O)CN1C(C)(C)CC(N2CCN(C3CC(C)(C)N(CC(=O)OCC)C(C)(C)C3)C(=O)NC2=O)CC1(C)C. The number of esters is 2. The Kier molecular flexibility index (Phi) is 9.75. The second-order valence-corrected chi connectivity index (χ2v) is 14.3. The van der Waals surface area contributed by atoms with Crippen LogP contribution in [0.2, 0.25) is 0 Å². The van der Waals surface area contributed by atoms with Crippen molar-refractivity contribution < 1.29 is 28.7 Å². The minimum Gasteiger partial charge on any atom is -0.465 e. The van der Waals surface area contributed by atoms with Crippen LogP contribution in [0.5, 0.6) is 0 Å². The van der Waals surface area contributed by atoms with E-state index in [1.165, 1.54) is 0 Å². The fourth-order valence-corrected chi connectivity index (χ4v) is 7.85. The summed E-state index contributed by atoms with van der Waals surface area (Å²) in [7, 11) is 0. The summed E-state index contributed by atoms with van der Waals surface area (Å²) in [5.41, 5.74) is -1.46. The third kappa shape index (κ3) is 7.34. The fraction of sp³-hybridized carbons (Fsp3) is 0.867. The van der Waals surface area contributed by atoms with Crippen molar-refractivity contribution in [3.8, 4) is 0 Å². The van der Waals surface area contributed by atoms with Crippen molar-refractivity contribution >= 4 is 24.0 Å². The average molecular weight is 580 g/mol. The number of nitrogens with zero attached hydrogens (tertiary/aromatic N) is 4. The van der Waals surface area contributed by atoms with Gasteiger partial charge in [0, 0.05) is 47.3 Å². The molecule has 234 valence electrons. The van der Waals surface area contributed by atoms with Gasteiger partial charge in [0.15, 0.2) is 0 Å². The lowest BCUT2D eigenvalue weighted by Gasteiger charge is -2.56. The molecular formula is C30H53N5O6. The van der Waals surface area contributed by atoms with Crippen molar-refractivity contribution in [3.63, 3.8) is 0 Å². The molecule has 3 rings (SSSR count). The van der Waals surface area contributed by atoms with Gasteiger partial charge in [-0.15, -0.1) is 0 Å². The standard InChI is InChI=1S/C30H53N5O6/c1-11-40-23(36)19-34-27(3,4)15-21(16-28(34,5)6)32-13-14-33(26(39)31-25(32)38)22-17-29(7,8)35(30(9,10)18-22)20-24(37)41-12-2/h21-22H,11-20H2,1-10H3,(H,31,38,39). The van der Waals surface area contributed by atoms with E-state index in [0.29, 0.717) is 52.0 Å². The molecule has 3 heterocycles. The maximum atomic E-state index is 13.4. The molecule has 0 aromatic carbocycles. The number of amides is 4. The molecule has 3 aliphatic heterocycles. The molecule has 3 saturated heterocycles. The van der Waals surface area contributed by atoms with Crippen LogP contribution in [0.15, 0.2) is 0 Å². The highest BCUT2D eigenvalue weighted by Gasteiger charge is 2.51. The second-order valence-electron chi connectivity index (χ2n) is 14.3. The first kappa shape index (κ1) is 33.1. The van der Waals surface area contributed by atoms with E-state index >= 15 is 0 Å². The fourth-order valence-electron chi connectivity index (χ4n) is 7.85. The number of imide groups is 1. The van der Waals surface area contributed by atoms with Crippen molar-refractivity contribution in [2.75, 3.05) is 39.4 Å². The van der Waals surface area contributed by atoms with Crippen LogP contribution in [-0.4, -0.2) is 117 Å². The van der Waals surface area contributed by atoms with E-state index in [0.717, 1.165) is 0 Å². The third-order valence-corrected chi connectivity index (χ3v) is 9.25. The molecule has 0 aromatic heterocycles. The molecule has 0 radical (unpaired) electrons. The van der Waals surface area contributed by atoms with Crippen LogP contribution >= 0.6 is 0 Å². The number of likely N-dealkylation sites (tertiary alicyclic amines) is 2. The molecule has 11 heteroatoms. The lowest BCUT2D eigenvalue weighted by atomic mass is 9.76. The van der Waals surface area contributed by atoms with E-state index in [1.54, 1.807) is 13.8 Å². The summed E-state index contributed by atoms with van der Waals surface area (Å²) in [4.78, 5) is 59.6. The lowest BCUT2D eigenvalue weighted by molar-refractivity contribution is -0.152. The largest absolute Gasteiger partial charge is 0.465 e. The summed E-state index contributed by atoms with van der Waals surface area (Å²) < 4.78 is 10.5. The van der Waals surface area contributed by atoms with Crippen molar-refractivity contribution in [1.82, 2.24) is 24.9 Å². The topological polar surface area (TPSA) is 112 Å². The Labute approximate surface area is 246 Å². The zero-order valence-corrected chi connectivity index (χ0v) is 27.0. The number of carbonyl (C=O) groups is 4. The quantitative estimate of drug-likeness (QED) is 0.434. The van der Waals surface area contributed by atoms with Gasteiger partial charge in [-0.25, -0.2) is 9.59 Å². The average Bonchev–Trinajstić information content (AvgIpc) is 2.95. The summed E-state index contributed by atoms with van der Waals surface area (Å²) >= 11 is 0. The van der Waals surface area contributed by atoms with E-state index in [-0.39, 0.29) is 71.3 Å². The molecule has 0 bridgehead atoms. The van der Waals surface area contributed by atoms with Crippen molar-refractivity contribution in [3.05, 3.63) is 0 Å². The van der Waals surface area contributed by atoms with Gasteiger partial charge < -0.3 is 19.3 Å². The van der Waals surface area contributed by atoms with E-state index in [4.69, 9.17) is 9.47 Å². The molecule has 3 aliphatic rings. The summed E-state index contributed by atoms with van der Waals surface area (Å²) in [5, 5.41) is 2.66. The van der Waals surface area contributed by atoms with Crippen LogP contribution < -0.4 is 5.32 Å². The number of hydrogen-bond acceptors (Lipinski definition) is 8. The van der Waals surface area contributed by atoms with E-state index in [1.807, 2.05) is 9.80 Å². The van der Waals surface area contributed by atoms with Gasteiger partial charge in [0.1, 0.15) is 0 Å². The monoisotopic (exact) mass is 579 g/mol. The van der Waals surface area contributed by atoms with Crippen LogP contribution in [0.1, 0.15) is 94.9 Å². The van der Waals surface area contributed by atoms with Gasteiger partial charge in [0.05, 0.1) is 26.3 Å². The number of urea groups is 2. The summed E-state index contributed by atoms with van der Waals surface area (Å²) in [5.74, 6) is -0.500. The Bertz CT molecular complexity index is 895. The lowest BCUT2D eigenvalue weighted by Crippen LogP contribution is -2.66. The van der Waals surface area contributed by atoms with Gasteiger partial charge in [-0.2, -0.15) is 0 Å². The Morgan fingerprint density at radius 3 is 1.22 bits per heavy atom. The first-order valence-corrected chi connectivity index (χ1v) is 15.1. The van der Waals surface area contributed by atoms with Crippen LogP contribution in [0.4, 0.5) is 9.59 Å². The van der Waals surface area contributed by atoms with E-state index in [9.17, 15) is 19.2 Å². The number of carbonyl (C=O) groups excluding carboxylic acids is 4. The normalized spacial score (nSPS) is 25.4. The Hall–Kier alpha value is -2.40. The van der Waals surface area contributed by atoms with Gasteiger partial charge in [0.25, 0.3) is 0 Å². The summed E-state index contributed by atoms with van der Waals surface area (Å²) in [6, 6.07) is -0.923. The number of rotatable bonds is 8. The smallest absolute Gasteiger partial charge is 0.325 e. The molecule has 0 atom stereocenters. The van der Waals surface area contributed by atoms with Crippen molar-refractivity contribution in [1.29, 1.82) is 0 Å². The highest BCUT2D eigenvalue weighted by molar-refractivity contribution is 5.94.